The Morgan fingerprint density at radius 3 is 2.65 bits per heavy atom. The molecule has 1 aliphatic carbocycles. The molecule has 0 radical (unpaired) electrons. The van der Waals surface area contributed by atoms with Crippen LogP contribution in [0.4, 0.5) is 5.69 Å². The molecule has 4 rings (SSSR count). The minimum absolute atomic E-state index is 0.00633. The van der Waals surface area contributed by atoms with Gasteiger partial charge in [0.2, 0.25) is 16.9 Å². The average Bonchev–Trinajstić information content (AvgIpc) is 2.87. The van der Waals surface area contributed by atoms with Gasteiger partial charge in [-0.3, -0.25) is 14.4 Å². The van der Waals surface area contributed by atoms with Crippen molar-refractivity contribution in [2.45, 2.75) is 49.0 Å². The van der Waals surface area contributed by atoms with Crippen LogP contribution in [0, 0.1) is 5.92 Å². The number of carbonyl (C=O) groups is 3. The predicted octanol–water partition coefficient (Wildman–Crippen LogP) is 4.57. The number of anilines is 1. The Bertz CT molecular complexity index is 985. The maximum absolute atomic E-state index is 13.5. The Labute approximate surface area is 193 Å². The third kappa shape index (κ3) is 4.80. The number of phenols is 1. The molecule has 2 amide bonds. The van der Waals surface area contributed by atoms with Crippen LogP contribution in [0.5, 0.6) is 5.75 Å². The van der Waals surface area contributed by atoms with E-state index in [0.29, 0.717) is 15.1 Å². The molecule has 2 aliphatic rings. The van der Waals surface area contributed by atoms with Gasteiger partial charge in [-0.05, 0) is 54.9 Å². The highest BCUT2D eigenvalue weighted by Crippen LogP contribution is 2.41. The Hall–Kier alpha value is -2.32. The number of para-hydroxylation sites is 1. The van der Waals surface area contributed by atoms with E-state index in [1.165, 1.54) is 6.07 Å². The van der Waals surface area contributed by atoms with E-state index in [9.17, 15) is 19.5 Å². The quantitative estimate of drug-likeness (QED) is 0.532. The van der Waals surface area contributed by atoms with Crippen molar-refractivity contribution in [3.63, 3.8) is 0 Å². The SMILES string of the molecule is O=C1Nc2ccccc2SC(=O)C1C(C(=O)NC1CCCCC1)c1cc(Br)ccc1O. The number of nitrogens with one attached hydrogen (secondary N) is 2. The summed E-state index contributed by atoms with van der Waals surface area (Å²) in [6.45, 7) is 0. The van der Waals surface area contributed by atoms with Crippen LogP contribution in [0.1, 0.15) is 43.6 Å². The molecule has 0 saturated heterocycles. The number of fused-ring (bicyclic) bond motifs is 1. The fraction of sp³-hybridized carbons (Fsp3) is 0.348. The summed E-state index contributed by atoms with van der Waals surface area (Å²) < 4.78 is 0.646. The Morgan fingerprint density at radius 1 is 1.13 bits per heavy atom. The van der Waals surface area contributed by atoms with E-state index in [2.05, 4.69) is 26.6 Å². The van der Waals surface area contributed by atoms with Gasteiger partial charge in [0.05, 0.1) is 11.6 Å². The molecule has 1 aliphatic heterocycles. The zero-order chi connectivity index (χ0) is 22.0. The van der Waals surface area contributed by atoms with E-state index in [4.69, 9.17) is 0 Å². The number of carbonyl (C=O) groups excluding carboxylic acids is 3. The second-order valence-corrected chi connectivity index (χ2v) is 9.87. The monoisotopic (exact) mass is 502 g/mol. The van der Waals surface area contributed by atoms with Gasteiger partial charge in [0.25, 0.3) is 0 Å². The number of hydrogen-bond acceptors (Lipinski definition) is 5. The van der Waals surface area contributed by atoms with E-state index in [0.717, 1.165) is 43.9 Å². The standard InChI is InChI=1S/C23H23BrN2O4S/c24-13-10-11-17(27)15(12-13)19(21(28)25-14-6-2-1-3-7-14)20-22(29)26-16-8-4-5-9-18(16)31-23(20)30/h4-5,8-12,14,19-20,27H,1-3,6-7H2,(H,25,28)(H,26,29). The van der Waals surface area contributed by atoms with E-state index in [-0.39, 0.29) is 17.4 Å². The van der Waals surface area contributed by atoms with Crippen LogP contribution in [0.2, 0.25) is 0 Å². The average molecular weight is 503 g/mol. The minimum atomic E-state index is -1.28. The number of halogens is 1. The lowest BCUT2D eigenvalue weighted by molar-refractivity contribution is -0.134. The van der Waals surface area contributed by atoms with Gasteiger partial charge < -0.3 is 15.7 Å². The Morgan fingerprint density at radius 2 is 1.87 bits per heavy atom. The summed E-state index contributed by atoms with van der Waals surface area (Å²) >= 11 is 4.32. The first-order chi connectivity index (χ1) is 14.9. The maximum Gasteiger partial charge on any atom is 0.237 e. The zero-order valence-corrected chi connectivity index (χ0v) is 19.2. The fourth-order valence-corrected chi connectivity index (χ4v) is 5.56. The Balaban J connectivity index is 1.72. The first-order valence-corrected chi connectivity index (χ1v) is 12.0. The van der Waals surface area contributed by atoms with Crippen molar-refractivity contribution in [3.05, 3.63) is 52.5 Å². The highest BCUT2D eigenvalue weighted by molar-refractivity contribution is 9.10. The maximum atomic E-state index is 13.5. The molecule has 8 heteroatoms. The van der Waals surface area contributed by atoms with Gasteiger partial charge in [-0.1, -0.05) is 47.3 Å². The van der Waals surface area contributed by atoms with Gasteiger partial charge in [0, 0.05) is 21.0 Å². The fourth-order valence-electron chi connectivity index (χ4n) is 4.22. The van der Waals surface area contributed by atoms with Gasteiger partial charge in [0.15, 0.2) is 0 Å². The number of hydrogen-bond donors (Lipinski definition) is 3. The van der Waals surface area contributed by atoms with E-state index >= 15 is 0 Å². The van der Waals surface area contributed by atoms with E-state index in [1.807, 2.05) is 0 Å². The van der Waals surface area contributed by atoms with Gasteiger partial charge >= 0.3 is 0 Å². The van der Waals surface area contributed by atoms with Crippen molar-refractivity contribution in [1.29, 1.82) is 0 Å². The molecular formula is C23H23BrN2O4S. The van der Waals surface area contributed by atoms with Crippen LogP contribution < -0.4 is 10.6 Å². The molecule has 1 saturated carbocycles. The lowest BCUT2D eigenvalue weighted by Crippen LogP contribution is -2.45. The smallest absolute Gasteiger partial charge is 0.237 e. The van der Waals surface area contributed by atoms with Crippen molar-refractivity contribution in [2.75, 3.05) is 5.32 Å². The molecule has 1 heterocycles. The topological polar surface area (TPSA) is 95.5 Å². The normalized spacial score (nSPS) is 20.4. The number of amides is 2. The summed E-state index contributed by atoms with van der Waals surface area (Å²) in [5.41, 5.74) is 0.793. The number of aromatic hydroxyl groups is 1. The second kappa shape index (κ2) is 9.44. The molecule has 3 N–H and O–H groups in total. The molecule has 6 nitrogen and oxygen atoms in total. The summed E-state index contributed by atoms with van der Waals surface area (Å²) in [5, 5.41) is 16.0. The highest BCUT2D eigenvalue weighted by Gasteiger charge is 2.44. The molecule has 31 heavy (non-hydrogen) atoms. The van der Waals surface area contributed by atoms with Crippen molar-refractivity contribution >= 4 is 50.3 Å². The molecule has 2 atom stereocenters. The van der Waals surface area contributed by atoms with Gasteiger partial charge in [-0.15, -0.1) is 0 Å². The molecule has 2 unspecified atom stereocenters. The number of phenolic OH excluding ortho intramolecular Hbond substituents is 1. The first kappa shape index (κ1) is 21.9. The van der Waals surface area contributed by atoms with Gasteiger partial charge in [0.1, 0.15) is 11.7 Å². The second-order valence-electron chi connectivity index (χ2n) is 7.91. The van der Waals surface area contributed by atoms with Crippen LogP contribution in [-0.2, 0) is 14.4 Å². The van der Waals surface area contributed by atoms with Crippen molar-refractivity contribution in [1.82, 2.24) is 5.32 Å². The highest BCUT2D eigenvalue weighted by atomic mass is 79.9. The van der Waals surface area contributed by atoms with Gasteiger partial charge in [-0.2, -0.15) is 0 Å². The van der Waals surface area contributed by atoms with Crippen molar-refractivity contribution in [2.24, 2.45) is 5.92 Å². The zero-order valence-electron chi connectivity index (χ0n) is 16.8. The van der Waals surface area contributed by atoms with Crippen LogP contribution in [-0.4, -0.2) is 28.1 Å². The third-order valence-corrected chi connectivity index (χ3v) is 7.31. The summed E-state index contributed by atoms with van der Waals surface area (Å²) in [4.78, 5) is 40.5. The molecule has 2 aromatic rings. The van der Waals surface area contributed by atoms with E-state index < -0.39 is 28.8 Å². The molecule has 0 bridgehead atoms. The third-order valence-electron chi connectivity index (χ3n) is 5.78. The molecule has 0 aromatic heterocycles. The van der Waals surface area contributed by atoms with E-state index in [1.54, 1.807) is 36.4 Å². The number of rotatable bonds is 4. The minimum Gasteiger partial charge on any atom is -0.508 e. The lowest BCUT2D eigenvalue weighted by Gasteiger charge is -2.28. The molecular weight excluding hydrogens is 480 g/mol. The Kier molecular flexibility index (Phi) is 6.67. The van der Waals surface area contributed by atoms with Crippen molar-refractivity contribution in [3.8, 4) is 5.75 Å². The summed E-state index contributed by atoms with van der Waals surface area (Å²) in [5.74, 6) is -3.51. The molecule has 1 fully saturated rings. The van der Waals surface area contributed by atoms with Crippen LogP contribution in [0.3, 0.4) is 0 Å². The summed E-state index contributed by atoms with van der Waals surface area (Å²) in [6.07, 6.45) is 4.94. The van der Waals surface area contributed by atoms with Crippen LogP contribution >= 0.6 is 27.7 Å². The summed E-state index contributed by atoms with van der Waals surface area (Å²) in [6, 6.07) is 11.8. The van der Waals surface area contributed by atoms with Gasteiger partial charge in [-0.25, -0.2) is 0 Å². The lowest BCUT2D eigenvalue weighted by atomic mass is 9.83. The number of benzene rings is 2. The van der Waals surface area contributed by atoms with Crippen LogP contribution in [0.25, 0.3) is 0 Å². The van der Waals surface area contributed by atoms with Crippen LogP contribution in [0.15, 0.2) is 51.8 Å². The number of thioether (sulfide) groups is 1. The first-order valence-electron chi connectivity index (χ1n) is 10.3. The largest absolute Gasteiger partial charge is 0.508 e. The molecule has 2 aromatic carbocycles. The van der Waals surface area contributed by atoms with Crippen molar-refractivity contribution < 1.29 is 19.5 Å². The molecule has 162 valence electrons. The molecule has 0 spiro atoms. The predicted molar refractivity (Wildman–Crippen MR) is 123 cm³/mol. The summed E-state index contributed by atoms with van der Waals surface area (Å²) in [7, 11) is 0.